The Bertz CT molecular complexity index is 517. The van der Waals surface area contributed by atoms with Crippen LogP contribution in [0.4, 0.5) is 0 Å². The fourth-order valence-corrected chi connectivity index (χ4v) is 1.93. The maximum Gasteiger partial charge on any atom is 0.124 e. The largest absolute Gasteiger partial charge is 0.489 e. The SMILES string of the molecule is CNCc1occc1COc1ccc(C)cc1C. The molecule has 0 spiro atoms. The molecule has 2 aromatic rings. The Labute approximate surface area is 108 Å². The van der Waals surface area contributed by atoms with Crippen molar-refractivity contribution < 1.29 is 9.15 Å². The van der Waals surface area contributed by atoms with E-state index in [1.54, 1.807) is 6.26 Å². The Morgan fingerprint density at radius 2 is 2.06 bits per heavy atom. The van der Waals surface area contributed by atoms with Crippen LogP contribution in [-0.2, 0) is 13.2 Å². The first-order valence-electron chi connectivity index (χ1n) is 6.10. The first-order valence-corrected chi connectivity index (χ1v) is 6.10. The van der Waals surface area contributed by atoms with E-state index >= 15 is 0 Å². The van der Waals surface area contributed by atoms with Crippen LogP contribution in [0.3, 0.4) is 0 Å². The quantitative estimate of drug-likeness (QED) is 0.878. The summed E-state index contributed by atoms with van der Waals surface area (Å²) in [6.45, 7) is 5.40. The fraction of sp³-hybridized carbons (Fsp3) is 0.333. The highest BCUT2D eigenvalue weighted by atomic mass is 16.5. The molecule has 0 atom stereocenters. The average molecular weight is 245 g/mol. The van der Waals surface area contributed by atoms with Gasteiger partial charge in [-0.05, 0) is 38.6 Å². The Balaban J connectivity index is 2.04. The molecular formula is C15H19NO2. The number of nitrogens with one attached hydrogen (secondary N) is 1. The van der Waals surface area contributed by atoms with E-state index in [2.05, 4.69) is 31.3 Å². The van der Waals surface area contributed by atoms with Crippen LogP contribution in [0.25, 0.3) is 0 Å². The van der Waals surface area contributed by atoms with E-state index in [1.807, 2.05) is 19.2 Å². The van der Waals surface area contributed by atoms with Crippen molar-refractivity contribution in [3.63, 3.8) is 0 Å². The zero-order chi connectivity index (χ0) is 13.0. The van der Waals surface area contributed by atoms with Crippen molar-refractivity contribution in [3.8, 4) is 5.75 Å². The molecule has 1 aromatic heterocycles. The van der Waals surface area contributed by atoms with Crippen LogP contribution in [0, 0.1) is 13.8 Å². The summed E-state index contributed by atoms with van der Waals surface area (Å²) in [5, 5.41) is 3.08. The number of benzene rings is 1. The lowest BCUT2D eigenvalue weighted by molar-refractivity contribution is 0.299. The Hall–Kier alpha value is -1.74. The van der Waals surface area contributed by atoms with Gasteiger partial charge in [0.25, 0.3) is 0 Å². The Morgan fingerprint density at radius 3 is 2.78 bits per heavy atom. The normalized spacial score (nSPS) is 10.6. The van der Waals surface area contributed by atoms with Crippen molar-refractivity contribution in [2.24, 2.45) is 0 Å². The molecule has 18 heavy (non-hydrogen) atoms. The fourth-order valence-electron chi connectivity index (χ4n) is 1.93. The number of hydrogen-bond acceptors (Lipinski definition) is 3. The summed E-state index contributed by atoms with van der Waals surface area (Å²) in [6, 6.07) is 8.16. The molecule has 0 radical (unpaired) electrons. The lowest BCUT2D eigenvalue weighted by Gasteiger charge is -2.09. The zero-order valence-electron chi connectivity index (χ0n) is 11.1. The van der Waals surface area contributed by atoms with Crippen LogP contribution in [0.1, 0.15) is 22.5 Å². The van der Waals surface area contributed by atoms with Crippen LogP contribution in [0.5, 0.6) is 5.75 Å². The molecule has 1 heterocycles. The van der Waals surface area contributed by atoms with Gasteiger partial charge in [0.2, 0.25) is 0 Å². The third kappa shape index (κ3) is 2.93. The van der Waals surface area contributed by atoms with Crippen molar-refractivity contribution in [1.82, 2.24) is 5.32 Å². The summed E-state index contributed by atoms with van der Waals surface area (Å²) in [6.07, 6.45) is 1.70. The number of hydrogen-bond donors (Lipinski definition) is 1. The Morgan fingerprint density at radius 1 is 1.22 bits per heavy atom. The van der Waals surface area contributed by atoms with Crippen LogP contribution in [0.2, 0.25) is 0 Å². The second-order valence-corrected chi connectivity index (χ2v) is 4.46. The molecule has 2 rings (SSSR count). The zero-order valence-corrected chi connectivity index (χ0v) is 11.1. The summed E-state index contributed by atoms with van der Waals surface area (Å²) in [7, 11) is 1.90. The molecule has 0 aliphatic rings. The molecule has 0 saturated carbocycles. The second-order valence-electron chi connectivity index (χ2n) is 4.46. The van der Waals surface area contributed by atoms with Crippen LogP contribution < -0.4 is 10.1 Å². The third-order valence-electron chi connectivity index (χ3n) is 2.89. The summed E-state index contributed by atoms with van der Waals surface area (Å²) < 4.78 is 11.2. The predicted molar refractivity (Wildman–Crippen MR) is 71.7 cm³/mol. The van der Waals surface area contributed by atoms with Gasteiger partial charge in [-0.2, -0.15) is 0 Å². The van der Waals surface area contributed by atoms with Gasteiger partial charge in [-0.15, -0.1) is 0 Å². The molecule has 0 saturated heterocycles. The molecular weight excluding hydrogens is 226 g/mol. The van der Waals surface area contributed by atoms with Crippen molar-refractivity contribution in [2.75, 3.05) is 7.05 Å². The summed E-state index contributed by atoms with van der Waals surface area (Å²) >= 11 is 0. The first-order chi connectivity index (χ1) is 8.70. The maximum absolute atomic E-state index is 5.84. The molecule has 96 valence electrons. The lowest BCUT2D eigenvalue weighted by atomic mass is 10.1. The molecule has 1 N–H and O–H groups in total. The molecule has 3 heteroatoms. The van der Waals surface area contributed by atoms with Gasteiger partial charge in [-0.1, -0.05) is 17.7 Å². The van der Waals surface area contributed by atoms with Gasteiger partial charge >= 0.3 is 0 Å². The molecule has 0 aliphatic carbocycles. The smallest absolute Gasteiger partial charge is 0.124 e. The van der Waals surface area contributed by atoms with Crippen molar-refractivity contribution in [3.05, 3.63) is 53.0 Å². The van der Waals surface area contributed by atoms with Gasteiger partial charge < -0.3 is 14.5 Å². The van der Waals surface area contributed by atoms with E-state index in [4.69, 9.17) is 9.15 Å². The molecule has 0 bridgehead atoms. The van der Waals surface area contributed by atoms with Crippen molar-refractivity contribution in [2.45, 2.75) is 27.0 Å². The average Bonchev–Trinajstić information content (AvgIpc) is 2.76. The van der Waals surface area contributed by atoms with Crippen LogP contribution >= 0.6 is 0 Å². The van der Waals surface area contributed by atoms with Gasteiger partial charge in [0, 0.05) is 5.56 Å². The van der Waals surface area contributed by atoms with Gasteiger partial charge in [-0.25, -0.2) is 0 Å². The van der Waals surface area contributed by atoms with Gasteiger partial charge in [0.1, 0.15) is 18.1 Å². The maximum atomic E-state index is 5.84. The van der Waals surface area contributed by atoms with E-state index in [-0.39, 0.29) is 0 Å². The predicted octanol–water partition coefficient (Wildman–Crippen LogP) is 3.19. The van der Waals surface area contributed by atoms with Crippen molar-refractivity contribution >= 4 is 0 Å². The lowest BCUT2D eigenvalue weighted by Crippen LogP contribution is -2.07. The molecule has 0 unspecified atom stereocenters. The highest BCUT2D eigenvalue weighted by molar-refractivity contribution is 5.35. The van der Waals surface area contributed by atoms with E-state index < -0.39 is 0 Å². The number of aryl methyl sites for hydroxylation is 2. The number of furan rings is 1. The van der Waals surface area contributed by atoms with E-state index in [9.17, 15) is 0 Å². The minimum atomic E-state index is 0.539. The monoisotopic (exact) mass is 245 g/mol. The minimum absolute atomic E-state index is 0.539. The van der Waals surface area contributed by atoms with E-state index in [0.29, 0.717) is 6.61 Å². The molecule has 3 nitrogen and oxygen atoms in total. The van der Waals surface area contributed by atoms with Crippen LogP contribution in [0.15, 0.2) is 34.9 Å². The van der Waals surface area contributed by atoms with Crippen LogP contribution in [-0.4, -0.2) is 7.05 Å². The molecule has 1 aromatic carbocycles. The summed E-state index contributed by atoms with van der Waals surface area (Å²) in [4.78, 5) is 0. The van der Waals surface area contributed by atoms with E-state index in [0.717, 1.165) is 29.2 Å². The van der Waals surface area contributed by atoms with Crippen molar-refractivity contribution in [1.29, 1.82) is 0 Å². The van der Waals surface area contributed by atoms with Gasteiger partial charge in [0.15, 0.2) is 0 Å². The Kier molecular flexibility index (Phi) is 4.05. The minimum Gasteiger partial charge on any atom is -0.489 e. The molecule has 0 amide bonds. The summed E-state index contributed by atoms with van der Waals surface area (Å²) in [5.41, 5.74) is 3.50. The second kappa shape index (κ2) is 5.74. The van der Waals surface area contributed by atoms with Gasteiger partial charge in [0.05, 0.1) is 12.8 Å². The number of ether oxygens (including phenoxy) is 1. The highest BCUT2D eigenvalue weighted by Crippen LogP contribution is 2.21. The van der Waals surface area contributed by atoms with E-state index in [1.165, 1.54) is 5.56 Å². The first kappa shape index (κ1) is 12.7. The molecule has 0 aliphatic heterocycles. The number of rotatable bonds is 5. The third-order valence-corrected chi connectivity index (χ3v) is 2.89. The topological polar surface area (TPSA) is 34.4 Å². The molecule has 0 fully saturated rings. The van der Waals surface area contributed by atoms with Gasteiger partial charge in [-0.3, -0.25) is 0 Å². The highest BCUT2D eigenvalue weighted by Gasteiger charge is 2.07. The standard InChI is InChI=1S/C15H19NO2/c1-11-4-5-14(12(2)8-11)18-10-13-6-7-17-15(13)9-16-3/h4-8,16H,9-10H2,1-3H3. The summed E-state index contributed by atoms with van der Waals surface area (Å²) in [5.74, 6) is 1.86.